The number of halogens is 1. The van der Waals surface area contributed by atoms with Gasteiger partial charge in [0.2, 0.25) is 5.91 Å². The van der Waals surface area contributed by atoms with Crippen molar-refractivity contribution in [2.24, 2.45) is 0 Å². The number of sulfonamides is 1. The van der Waals surface area contributed by atoms with Crippen LogP contribution in [0.4, 0.5) is 11.4 Å². The molecule has 33 heavy (non-hydrogen) atoms. The zero-order valence-corrected chi connectivity index (χ0v) is 19.8. The van der Waals surface area contributed by atoms with Crippen molar-refractivity contribution in [2.75, 3.05) is 37.5 Å². The molecule has 0 spiro atoms. The lowest BCUT2D eigenvalue weighted by Crippen LogP contribution is -2.38. The van der Waals surface area contributed by atoms with Crippen molar-refractivity contribution in [3.05, 3.63) is 71.8 Å². The predicted octanol–water partition coefficient (Wildman–Crippen LogP) is 4.20. The molecule has 0 aliphatic rings. The summed E-state index contributed by atoms with van der Waals surface area (Å²) < 4.78 is 43.8. The topological polar surface area (TPSA) is 94.2 Å². The van der Waals surface area contributed by atoms with Crippen molar-refractivity contribution < 1.29 is 27.4 Å². The lowest BCUT2D eigenvalue weighted by Gasteiger charge is -2.26. The number of hydrogen-bond acceptors (Lipinski definition) is 6. The number of methoxy groups -OCH3 is 3. The first-order valence-electron chi connectivity index (χ1n) is 9.73. The van der Waals surface area contributed by atoms with Crippen LogP contribution in [0.15, 0.2) is 71.6 Å². The second-order valence-corrected chi connectivity index (χ2v) is 9.05. The van der Waals surface area contributed by atoms with Gasteiger partial charge >= 0.3 is 0 Å². The summed E-state index contributed by atoms with van der Waals surface area (Å²) >= 11 is 6.15. The van der Waals surface area contributed by atoms with Crippen molar-refractivity contribution in [2.45, 2.75) is 4.90 Å². The van der Waals surface area contributed by atoms with E-state index < -0.39 is 22.5 Å². The van der Waals surface area contributed by atoms with E-state index in [1.807, 2.05) is 0 Å². The monoisotopic (exact) mass is 490 g/mol. The minimum Gasteiger partial charge on any atom is -0.497 e. The summed E-state index contributed by atoms with van der Waals surface area (Å²) in [6.07, 6.45) is 0. The number of amides is 1. The number of benzene rings is 3. The molecule has 174 valence electrons. The minimum atomic E-state index is -4.14. The van der Waals surface area contributed by atoms with E-state index in [1.165, 1.54) is 45.6 Å². The first-order valence-corrected chi connectivity index (χ1v) is 11.5. The van der Waals surface area contributed by atoms with Crippen molar-refractivity contribution in [1.29, 1.82) is 0 Å². The zero-order chi connectivity index (χ0) is 24.0. The third-order valence-electron chi connectivity index (χ3n) is 4.71. The Morgan fingerprint density at radius 1 is 0.909 bits per heavy atom. The van der Waals surface area contributed by atoms with E-state index in [2.05, 4.69) is 5.32 Å². The Hall–Kier alpha value is -3.43. The van der Waals surface area contributed by atoms with Crippen molar-refractivity contribution in [1.82, 2.24) is 0 Å². The molecule has 0 aromatic heterocycles. The molecule has 0 fully saturated rings. The second kappa shape index (κ2) is 10.5. The highest BCUT2D eigenvalue weighted by Crippen LogP contribution is 2.35. The van der Waals surface area contributed by atoms with Crippen LogP contribution in [-0.2, 0) is 14.8 Å². The van der Waals surface area contributed by atoms with E-state index in [0.29, 0.717) is 17.2 Å². The Bertz CT molecular complexity index is 1230. The zero-order valence-electron chi connectivity index (χ0n) is 18.2. The van der Waals surface area contributed by atoms with Crippen LogP contribution in [0.3, 0.4) is 0 Å². The van der Waals surface area contributed by atoms with Gasteiger partial charge in [0, 0.05) is 11.1 Å². The van der Waals surface area contributed by atoms with Gasteiger partial charge in [-0.15, -0.1) is 0 Å². The summed E-state index contributed by atoms with van der Waals surface area (Å²) in [6.45, 7) is -0.547. The first kappa shape index (κ1) is 24.2. The standard InChI is InChI=1S/C23H23ClN2O6S/c1-30-17-10-12-21(31-2)19(14-17)25-23(27)15-26(20-13-16(24)9-11-22(20)32-3)33(28,29)18-7-5-4-6-8-18/h4-14H,15H2,1-3H3,(H,25,27). The number of carbonyl (C=O) groups is 1. The highest BCUT2D eigenvalue weighted by Gasteiger charge is 2.30. The summed E-state index contributed by atoms with van der Waals surface area (Å²) in [6, 6.07) is 17.2. The lowest BCUT2D eigenvalue weighted by atomic mass is 10.2. The Morgan fingerprint density at radius 2 is 1.58 bits per heavy atom. The first-order chi connectivity index (χ1) is 15.8. The van der Waals surface area contributed by atoms with Crippen LogP contribution in [-0.4, -0.2) is 42.2 Å². The van der Waals surface area contributed by atoms with Gasteiger partial charge in [0.1, 0.15) is 23.8 Å². The molecule has 1 N–H and O–H groups in total. The van der Waals surface area contributed by atoms with Crippen LogP contribution >= 0.6 is 11.6 Å². The molecule has 1 amide bonds. The molecule has 0 atom stereocenters. The van der Waals surface area contributed by atoms with Gasteiger partial charge in [0.25, 0.3) is 10.0 Å². The molecule has 0 heterocycles. The Morgan fingerprint density at radius 3 is 2.21 bits per heavy atom. The quantitative estimate of drug-likeness (QED) is 0.483. The van der Waals surface area contributed by atoms with Crippen molar-refractivity contribution in [3.63, 3.8) is 0 Å². The maximum atomic E-state index is 13.5. The highest BCUT2D eigenvalue weighted by molar-refractivity contribution is 7.92. The summed E-state index contributed by atoms with van der Waals surface area (Å²) in [7, 11) is 0.214. The molecule has 0 saturated heterocycles. The van der Waals surface area contributed by atoms with Gasteiger partial charge in [-0.2, -0.15) is 0 Å². The van der Waals surface area contributed by atoms with E-state index in [4.69, 9.17) is 25.8 Å². The maximum absolute atomic E-state index is 13.5. The summed E-state index contributed by atoms with van der Waals surface area (Å²) in [5.41, 5.74) is 0.457. The second-order valence-electron chi connectivity index (χ2n) is 6.76. The van der Waals surface area contributed by atoms with Gasteiger partial charge in [-0.1, -0.05) is 29.8 Å². The fourth-order valence-corrected chi connectivity index (χ4v) is 4.72. The van der Waals surface area contributed by atoms with Gasteiger partial charge in [0.15, 0.2) is 0 Å². The van der Waals surface area contributed by atoms with E-state index in [9.17, 15) is 13.2 Å². The van der Waals surface area contributed by atoms with E-state index >= 15 is 0 Å². The minimum absolute atomic E-state index is 0.0128. The summed E-state index contributed by atoms with van der Waals surface area (Å²) in [5, 5.41) is 2.97. The predicted molar refractivity (Wildman–Crippen MR) is 127 cm³/mol. The summed E-state index contributed by atoms with van der Waals surface area (Å²) in [5.74, 6) is 0.520. The van der Waals surface area contributed by atoms with Gasteiger partial charge in [0.05, 0.1) is 37.6 Å². The molecule has 10 heteroatoms. The fourth-order valence-electron chi connectivity index (χ4n) is 3.11. The average Bonchev–Trinajstić information content (AvgIpc) is 2.82. The molecule has 0 aliphatic heterocycles. The third kappa shape index (κ3) is 5.50. The van der Waals surface area contributed by atoms with E-state index in [0.717, 1.165) is 4.31 Å². The van der Waals surface area contributed by atoms with Crippen LogP contribution < -0.4 is 23.8 Å². The molecule has 3 aromatic rings. The molecule has 8 nitrogen and oxygen atoms in total. The number of hydrogen-bond donors (Lipinski definition) is 1. The third-order valence-corrected chi connectivity index (χ3v) is 6.72. The van der Waals surface area contributed by atoms with Crippen molar-refractivity contribution >= 4 is 38.9 Å². The van der Waals surface area contributed by atoms with Crippen LogP contribution in [0.1, 0.15) is 0 Å². The smallest absolute Gasteiger partial charge is 0.264 e. The average molecular weight is 491 g/mol. The Balaban J connectivity index is 2.03. The number of nitrogens with zero attached hydrogens (tertiary/aromatic N) is 1. The van der Waals surface area contributed by atoms with E-state index in [1.54, 1.807) is 42.5 Å². The molecule has 0 radical (unpaired) electrons. The van der Waals surface area contributed by atoms with Crippen LogP contribution in [0.5, 0.6) is 17.2 Å². The Labute approximate surface area is 197 Å². The SMILES string of the molecule is COc1ccc(OC)c(NC(=O)CN(c2cc(Cl)ccc2OC)S(=O)(=O)c2ccccc2)c1. The number of anilines is 2. The van der Waals surface area contributed by atoms with E-state index in [-0.39, 0.29) is 21.4 Å². The molecule has 3 rings (SSSR count). The molecule has 0 unspecified atom stereocenters. The lowest BCUT2D eigenvalue weighted by molar-refractivity contribution is -0.114. The normalized spacial score (nSPS) is 10.9. The number of nitrogens with one attached hydrogen (secondary N) is 1. The van der Waals surface area contributed by atoms with Crippen LogP contribution in [0.25, 0.3) is 0 Å². The molecular weight excluding hydrogens is 468 g/mol. The van der Waals surface area contributed by atoms with Gasteiger partial charge in [-0.05, 0) is 42.5 Å². The Kier molecular flexibility index (Phi) is 7.67. The molecule has 0 saturated carbocycles. The molecule has 3 aromatic carbocycles. The van der Waals surface area contributed by atoms with Gasteiger partial charge in [-0.25, -0.2) is 8.42 Å². The van der Waals surface area contributed by atoms with Crippen LogP contribution in [0, 0.1) is 0 Å². The largest absolute Gasteiger partial charge is 0.497 e. The molecular formula is C23H23ClN2O6S. The molecule has 0 bridgehead atoms. The van der Waals surface area contributed by atoms with Gasteiger partial charge < -0.3 is 19.5 Å². The number of ether oxygens (including phenoxy) is 3. The number of rotatable bonds is 9. The fraction of sp³-hybridized carbons (Fsp3) is 0.174. The van der Waals surface area contributed by atoms with Crippen molar-refractivity contribution in [3.8, 4) is 17.2 Å². The highest BCUT2D eigenvalue weighted by atomic mass is 35.5. The van der Waals surface area contributed by atoms with Crippen LogP contribution in [0.2, 0.25) is 5.02 Å². The summed E-state index contributed by atoms with van der Waals surface area (Å²) in [4.78, 5) is 13.1. The maximum Gasteiger partial charge on any atom is 0.264 e. The number of carbonyl (C=O) groups excluding carboxylic acids is 1. The van der Waals surface area contributed by atoms with Gasteiger partial charge in [-0.3, -0.25) is 9.10 Å². The molecule has 0 aliphatic carbocycles.